The van der Waals surface area contributed by atoms with Gasteiger partial charge in [0.15, 0.2) is 4.67 Å². The van der Waals surface area contributed by atoms with Gasteiger partial charge in [-0.1, -0.05) is 0 Å². The van der Waals surface area contributed by atoms with Crippen molar-refractivity contribution >= 4 is 15.9 Å². The fraction of sp³-hybridized carbons (Fsp3) is 0.429. The lowest BCUT2D eigenvalue weighted by molar-refractivity contribution is -0.479. The van der Waals surface area contributed by atoms with Crippen molar-refractivity contribution < 1.29 is 9.34 Å². The standard InChI is InChI=1S/C7H8BrNO3/c1-5-4-7(8)12-6(5)2-3-9(10)11/h4H,2-3H2,1H3. The molecule has 0 fully saturated rings. The average Bonchev–Trinajstić information content (AvgIpc) is 2.26. The molecule has 0 bridgehead atoms. The summed E-state index contributed by atoms with van der Waals surface area (Å²) in [4.78, 5) is 9.69. The number of furan rings is 1. The van der Waals surface area contributed by atoms with E-state index in [9.17, 15) is 10.1 Å². The molecule has 0 saturated heterocycles. The number of halogens is 1. The van der Waals surface area contributed by atoms with Crippen molar-refractivity contribution in [2.75, 3.05) is 6.54 Å². The molecule has 0 amide bonds. The largest absolute Gasteiger partial charge is 0.454 e. The highest BCUT2D eigenvalue weighted by molar-refractivity contribution is 9.10. The van der Waals surface area contributed by atoms with E-state index in [1.807, 2.05) is 6.92 Å². The van der Waals surface area contributed by atoms with Crippen LogP contribution in [0.15, 0.2) is 15.2 Å². The molecule has 1 aromatic rings. The fourth-order valence-electron chi connectivity index (χ4n) is 0.919. The van der Waals surface area contributed by atoms with Gasteiger partial charge < -0.3 is 4.42 Å². The molecule has 0 radical (unpaired) electrons. The molecular weight excluding hydrogens is 226 g/mol. The van der Waals surface area contributed by atoms with Crippen LogP contribution in [0.2, 0.25) is 0 Å². The van der Waals surface area contributed by atoms with E-state index in [0.29, 0.717) is 16.9 Å². The zero-order valence-electron chi connectivity index (χ0n) is 6.54. The monoisotopic (exact) mass is 233 g/mol. The highest BCUT2D eigenvalue weighted by atomic mass is 79.9. The Hall–Kier alpha value is -0.840. The van der Waals surface area contributed by atoms with Crippen molar-refractivity contribution in [3.63, 3.8) is 0 Å². The lowest BCUT2D eigenvalue weighted by Crippen LogP contribution is -2.03. The first-order valence-electron chi connectivity index (χ1n) is 3.46. The van der Waals surface area contributed by atoms with E-state index in [0.717, 1.165) is 5.56 Å². The Morgan fingerprint density at radius 2 is 2.42 bits per heavy atom. The molecule has 0 aliphatic heterocycles. The molecule has 0 spiro atoms. The average molecular weight is 234 g/mol. The first-order valence-corrected chi connectivity index (χ1v) is 4.25. The van der Waals surface area contributed by atoms with Gasteiger partial charge in [0.05, 0.1) is 6.42 Å². The Bertz CT molecular complexity index is 295. The maximum absolute atomic E-state index is 10.0. The summed E-state index contributed by atoms with van der Waals surface area (Å²) < 4.78 is 5.80. The highest BCUT2D eigenvalue weighted by Gasteiger charge is 2.08. The SMILES string of the molecule is Cc1cc(Br)oc1CC[N+](=O)[O-]. The van der Waals surface area contributed by atoms with Crippen LogP contribution in [0.25, 0.3) is 0 Å². The van der Waals surface area contributed by atoms with Crippen LogP contribution in [-0.4, -0.2) is 11.5 Å². The summed E-state index contributed by atoms with van der Waals surface area (Å²) in [5.74, 6) is 0.679. The molecule has 0 aliphatic rings. The second-order valence-electron chi connectivity index (χ2n) is 2.46. The second kappa shape index (κ2) is 3.71. The van der Waals surface area contributed by atoms with Gasteiger partial charge in [0.25, 0.3) is 0 Å². The zero-order valence-corrected chi connectivity index (χ0v) is 8.13. The number of aryl methyl sites for hydroxylation is 1. The minimum absolute atomic E-state index is 0.0825. The molecule has 66 valence electrons. The van der Waals surface area contributed by atoms with Crippen LogP contribution in [0.4, 0.5) is 0 Å². The molecule has 1 rings (SSSR count). The summed E-state index contributed by atoms with van der Waals surface area (Å²) in [7, 11) is 0. The number of nitro groups is 1. The van der Waals surface area contributed by atoms with Gasteiger partial charge in [-0.15, -0.1) is 0 Å². The first-order chi connectivity index (χ1) is 5.59. The van der Waals surface area contributed by atoms with Crippen LogP contribution < -0.4 is 0 Å². The minimum atomic E-state index is -0.351. The van der Waals surface area contributed by atoms with Gasteiger partial charge >= 0.3 is 0 Å². The third-order valence-corrected chi connectivity index (χ3v) is 1.90. The molecule has 1 heterocycles. The smallest absolute Gasteiger partial charge is 0.210 e. The maximum atomic E-state index is 10.0. The number of hydrogen-bond donors (Lipinski definition) is 0. The van der Waals surface area contributed by atoms with Gasteiger partial charge in [-0.05, 0) is 34.5 Å². The minimum Gasteiger partial charge on any atom is -0.454 e. The van der Waals surface area contributed by atoms with Crippen molar-refractivity contribution in [1.82, 2.24) is 0 Å². The molecule has 5 heteroatoms. The van der Waals surface area contributed by atoms with Gasteiger partial charge in [-0.25, -0.2) is 0 Å². The van der Waals surface area contributed by atoms with E-state index in [2.05, 4.69) is 15.9 Å². The molecule has 0 aromatic carbocycles. The van der Waals surface area contributed by atoms with Crippen LogP contribution in [-0.2, 0) is 6.42 Å². The van der Waals surface area contributed by atoms with Crippen LogP contribution in [0, 0.1) is 17.0 Å². The third kappa shape index (κ3) is 2.34. The van der Waals surface area contributed by atoms with E-state index in [1.54, 1.807) is 6.07 Å². The van der Waals surface area contributed by atoms with E-state index >= 15 is 0 Å². The first kappa shape index (κ1) is 9.25. The normalized spacial score (nSPS) is 10.2. The predicted molar refractivity (Wildman–Crippen MR) is 46.7 cm³/mol. The van der Waals surface area contributed by atoms with Crippen molar-refractivity contribution in [2.45, 2.75) is 13.3 Å². The molecule has 0 aliphatic carbocycles. The highest BCUT2D eigenvalue weighted by Crippen LogP contribution is 2.19. The van der Waals surface area contributed by atoms with Crippen molar-refractivity contribution in [2.24, 2.45) is 0 Å². The quantitative estimate of drug-likeness (QED) is 0.594. The second-order valence-corrected chi connectivity index (χ2v) is 3.24. The molecule has 1 aromatic heterocycles. The maximum Gasteiger partial charge on any atom is 0.210 e. The lowest BCUT2D eigenvalue weighted by atomic mass is 10.2. The molecule has 4 nitrogen and oxygen atoms in total. The van der Waals surface area contributed by atoms with Gasteiger partial charge in [0.2, 0.25) is 6.54 Å². The third-order valence-electron chi connectivity index (χ3n) is 1.51. The predicted octanol–water partition coefficient (Wildman–Crippen LogP) is 2.17. The zero-order chi connectivity index (χ0) is 9.14. The number of rotatable bonds is 3. The Morgan fingerprint density at radius 1 is 1.75 bits per heavy atom. The van der Waals surface area contributed by atoms with Crippen molar-refractivity contribution in [1.29, 1.82) is 0 Å². The van der Waals surface area contributed by atoms with Crippen LogP contribution in [0.1, 0.15) is 11.3 Å². The number of hydrogen-bond acceptors (Lipinski definition) is 3. The summed E-state index contributed by atoms with van der Waals surface area (Å²) >= 11 is 3.15. The van der Waals surface area contributed by atoms with Gasteiger partial charge in [-0.3, -0.25) is 10.1 Å². The lowest BCUT2D eigenvalue weighted by Gasteiger charge is -1.92. The summed E-state index contributed by atoms with van der Waals surface area (Å²) in [6.07, 6.45) is 0.352. The summed E-state index contributed by atoms with van der Waals surface area (Å²) in [5, 5.41) is 10.0. The van der Waals surface area contributed by atoms with E-state index in [4.69, 9.17) is 4.42 Å². The molecule has 0 N–H and O–H groups in total. The molecule has 12 heavy (non-hydrogen) atoms. The van der Waals surface area contributed by atoms with E-state index < -0.39 is 0 Å². The van der Waals surface area contributed by atoms with Crippen molar-refractivity contribution in [3.05, 3.63) is 32.2 Å². The van der Waals surface area contributed by atoms with Crippen LogP contribution >= 0.6 is 15.9 Å². The summed E-state index contributed by atoms with van der Waals surface area (Å²) in [6, 6.07) is 1.80. The van der Waals surface area contributed by atoms with Crippen molar-refractivity contribution in [3.8, 4) is 0 Å². The number of nitrogens with zero attached hydrogens (tertiary/aromatic N) is 1. The Morgan fingerprint density at radius 3 is 2.83 bits per heavy atom. The molecule has 0 saturated carbocycles. The van der Waals surface area contributed by atoms with Gasteiger partial charge in [0.1, 0.15) is 5.76 Å². The Balaban J connectivity index is 2.62. The fourth-order valence-corrected chi connectivity index (χ4v) is 1.46. The summed E-state index contributed by atoms with van der Waals surface area (Å²) in [6.45, 7) is 1.78. The van der Waals surface area contributed by atoms with Crippen LogP contribution in [0.3, 0.4) is 0 Å². The topological polar surface area (TPSA) is 56.3 Å². The van der Waals surface area contributed by atoms with Gasteiger partial charge in [-0.2, -0.15) is 0 Å². The molecule has 0 atom stereocenters. The Kier molecular flexibility index (Phi) is 2.86. The van der Waals surface area contributed by atoms with E-state index in [1.165, 1.54) is 0 Å². The summed E-state index contributed by atoms with van der Waals surface area (Å²) in [5.41, 5.74) is 0.948. The Labute approximate surface area is 77.8 Å². The van der Waals surface area contributed by atoms with Gasteiger partial charge in [0, 0.05) is 4.92 Å². The van der Waals surface area contributed by atoms with E-state index in [-0.39, 0.29) is 11.5 Å². The molecule has 0 unspecified atom stereocenters. The molecular formula is C7H8BrNO3. The van der Waals surface area contributed by atoms with Crippen LogP contribution in [0.5, 0.6) is 0 Å².